The van der Waals surface area contributed by atoms with E-state index in [2.05, 4.69) is 6.92 Å². The van der Waals surface area contributed by atoms with Gasteiger partial charge in [0.25, 0.3) is 0 Å². The lowest BCUT2D eigenvalue weighted by atomic mass is 10.0. The Labute approximate surface area is 102 Å². The molecule has 0 aromatic heterocycles. The van der Waals surface area contributed by atoms with Crippen LogP contribution in [0.5, 0.6) is 0 Å². The van der Waals surface area contributed by atoms with E-state index >= 15 is 0 Å². The fraction of sp³-hybridized carbons (Fsp3) is 0.833. The number of urea groups is 1. The van der Waals surface area contributed by atoms with Gasteiger partial charge in [0.1, 0.15) is 0 Å². The van der Waals surface area contributed by atoms with Crippen molar-refractivity contribution < 1.29 is 14.7 Å². The van der Waals surface area contributed by atoms with E-state index in [1.165, 1.54) is 0 Å². The van der Waals surface area contributed by atoms with Crippen molar-refractivity contribution in [3.63, 3.8) is 0 Å². The molecule has 0 spiro atoms. The molecule has 5 heteroatoms. The van der Waals surface area contributed by atoms with Gasteiger partial charge in [-0.05, 0) is 6.42 Å². The number of hydrogen-bond donors (Lipinski definition) is 1. The summed E-state index contributed by atoms with van der Waals surface area (Å²) in [7, 11) is 1.74. The fourth-order valence-corrected chi connectivity index (χ4v) is 2.27. The highest BCUT2D eigenvalue weighted by molar-refractivity contribution is 5.75. The highest BCUT2D eigenvalue weighted by atomic mass is 16.4. The number of carboxylic acids is 1. The van der Waals surface area contributed by atoms with Crippen molar-refractivity contribution in [1.82, 2.24) is 9.80 Å². The fourth-order valence-electron chi connectivity index (χ4n) is 2.27. The minimum atomic E-state index is -0.786. The molecule has 98 valence electrons. The largest absolute Gasteiger partial charge is 0.481 e. The summed E-state index contributed by atoms with van der Waals surface area (Å²) in [4.78, 5) is 26.0. The zero-order chi connectivity index (χ0) is 12.8. The second kappa shape index (κ2) is 6.47. The molecule has 1 fully saturated rings. The van der Waals surface area contributed by atoms with Gasteiger partial charge in [0.15, 0.2) is 0 Å². The Kier molecular flexibility index (Phi) is 5.25. The molecule has 0 aromatic rings. The summed E-state index contributed by atoms with van der Waals surface area (Å²) in [5.41, 5.74) is 0. The molecule has 0 aromatic carbocycles. The van der Waals surface area contributed by atoms with Crippen LogP contribution >= 0.6 is 0 Å². The lowest BCUT2D eigenvalue weighted by molar-refractivity contribution is -0.138. The number of carbonyl (C=O) groups is 2. The van der Waals surface area contributed by atoms with Crippen molar-refractivity contribution in [2.24, 2.45) is 5.92 Å². The van der Waals surface area contributed by atoms with Crippen molar-refractivity contribution in [2.75, 3.05) is 26.7 Å². The Bertz CT molecular complexity index is 281. The summed E-state index contributed by atoms with van der Waals surface area (Å²) in [6, 6.07) is 0.0303. The first-order valence-electron chi connectivity index (χ1n) is 6.26. The van der Waals surface area contributed by atoms with Crippen LogP contribution in [0.25, 0.3) is 0 Å². The topological polar surface area (TPSA) is 60.9 Å². The van der Waals surface area contributed by atoms with E-state index in [9.17, 15) is 9.59 Å². The van der Waals surface area contributed by atoms with Crippen LogP contribution in [0.4, 0.5) is 4.79 Å². The molecule has 0 saturated carbocycles. The maximum atomic E-state index is 11.9. The summed E-state index contributed by atoms with van der Waals surface area (Å²) in [6.07, 6.45) is 3.37. The van der Waals surface area contributed by atoms with Gasteiger partial charge in [-0.15, -0.1) is 0 Å². The number of aliphatic carboxylic acids is 1. The van der Waals surface area contributed by atoms with E-state index < -0.39 is 5.97 Å². The second-order valence-corrected chi connectivity index (χ2v) is 4.78. The third kappa shape index (κ3) is 4.24. The number of carboxylic acid groups (broad SMARTS) is 1. The standard InChI is InChI=1S/C12H22N2O3/c1-3-4-5-6-14-9-10(7-11(15)16)8-13(2)12(14)17/h10H,3-9H2,1-2H3,(H,15,16). The van der Waals surface area contributed by atoms with Crippen molar-refractivity contribution in [3.8, 4) is 0 Å². The quantitative estimate of drug-likeness (QED) is 0.720. The third-order valence-corrected chi connectivity index (χ3v) is 3.10. The Hall–Kier alpha value is -1.26. The van der Waals surface area contributed by atoms with E-state index in [1.807, 2.05) is 0 Å². The smallest absolute Gasteiger partial charge is 0.319 e. The summed E-state index contributed by atoms with van der Waals surface area (Å²) in [5.74, 6) is -0.733. The predicted octanol–water partition coefficient (Wildman–Crippen LogP) is 1.63. The van der Waals surface area contributed by atoms with Crippen LogP contribution in [0.3, 0.4) is 0 Å². The molecule has 1 atom stereocenters. The number of hydrogen-bond acceptors (Lipinski definition) is 2. The van der Waals surface area contributed by atoms with Crippen LogP contribution in [0, 0.1) is 5.92 Å². The van der Waals surface area contributed by atoms with Gasteiger partial charge in [0.05, 0.1) is 6.42 Å². The molecule has 1 aliphatic rings. The zero-order valence-electron chi connectivity index (χ0n) is 10.7. The number of rotatable bonds is 6. The van der Waals surface area contributed by atoms with Gasteiger partial charge in [-0.25, -0.2) is 4.79 Å². The first-order chi connectivity index (χ1) is 8.04. The maximum absolute atomic E-state index is 11.9. The van der Waals surface area contributed by atoms with Gasteiger partial charge in [-0.2, -0.15) is 0 Å². The second-order valence-electron chi connectivity index (χ2n) is 4.78. The van der Waals surface area contributed by atoms with Crippen molar-refractivity contribution >= 4 is 12.0 Å². The van der Waals surface area contributed by atoms with E-state index in [1.54, 1.807) is 16.8 Å². The molecule has 17 heavy (non-hydrogen) atoms. The van der Waals surface area contributed by atoms with E-state index in [0.717, 1.165) is 25.8 Å². The number of nitrogens with zero attached hydrogens (tertiary/aromatic N) is 2. The lowest BCUT2D eigenvalue weighted by Crippen LogP contribution is -2.52. The van der Waals surface area contributed by atoms with Crippen LogP contribution in [0.2, 0.25) is 0 Å². The molecule has 1 saturated heterocycles. The van der Waals surface area contributed by atoms with Crippen LogP contribution in [0.15, 0.2) is 0 Å². The van der Waals surface area contributed by atoms with E-state index in [4.69, 9.17) is 5.11 Å². The SMILES string of the molecule is CCCCCN1CC(CC(=O)O)CN(C)C1=O. The van der Waals surface area contributed by atoms with Gasteiger partial charge >= 0.3 is 12.0 Å². The Balaban J connectivity index is 2.49. The first-order valence-corrected chi connectivity index (χ1v) is 6.26. The molecule has 1 rings (SSSR count). The zero-order valence-corrected chi connectivity index (χ0v) is 10.7. The number of amides is 2. The number of carbonyl (C=O) groups excluding carboxylic acids is 1. The third-order valence-electron chi connectivity index (χ3n) is 3.10. The van der Waals surface area contributed by atoms with Crippen molar-refractivity contribution in [3.05, 3.63) is 0 Å². The monoisotopic (exact) mass is 242 g/mol. The van der Waals surface area contributed by atoms with Crippen molar-refractivity contribution in [1.29, 1.82) is 0 Å². The van der Waals surface area contributed by atoms with Gasteiger partial charge in [-0.1, -0.05) is 19.8 Å². The molecular weight excluding hydrogens is 220 g/mol. The normalized spacial score (nSPS) is 20.8. The van der Waals surface area contributed by atoms with Crippen LogP contribution < -0.4 is 0 Å². The van der Waals surface area contributed by atoms with E-state index in [0.29, 0.717) is 13.1 Å². The van der Waals surface area contributed by atoms with Gasteiger partial charge < -0.3 is 14.9 Å². The average Bonchev–Trinajstić information content (AvgIpc) is 2.24. The van der Waals surface area contributed by atoms with Gasteiger partial charge in [0.2, 0.25) is 0 Å². The average molecular weight is 242 g/mol. The molecule has 2 amide bonds. The van der Waals surface area contributed by atoms with Gasteiger partial charge in [0, 0.05) is 32.6 Å². The summed E-state index contributed by atoms with van der Waals surface area (Å²) in [6.45, 7) is 4.00. The highest BCUT2D eigenvalue weighted by Gasteiger charge is 2.30. The summed E-state index contributed by atoms with van der Waals surface area (Å²) in [5, 5.41) is 8.80. The summed E-state index contributed by atoms with van der Waals surface area (Å²) < 4.78 is 0. The number of unbranched alkanes of at least 4 members (excludes halogenated alkanes) is 2. The van der Waals surface area contributed by atoms with Gasteiger partial charge in [-0.3, -0.25) is 4.79 Å². The predicted molar refractivity (Wildman–Crippen MR) is 64.9 cm³/mol. The van der Waals surface area contributed by atoms with Crippen molar-refractivity contribution in [2.45, 2.75) is 32.6 Å². The lowest BCUT2D eigenvalue weighted by Gasteiger charge is -2.38. The highest BCUT2D eigenvalue weighted by Crippen LogP contribution is 2.17. The molecular formula is C12H22N2O3. The molecule has 1 N–H and O–H groups in total. The molecule has 0 aliphatic carbocycles. The Morgan fingerprint density at radius 3 is 2.71 bits per heavy atom. The molecule has 0 radical (unpaired) electrons. The van der Waals surface area contributed by atoms with E-state index in [-0.39, 0.29) is 18.4 Å². The molecule has 5 nitrogen and oxygen atoms in total. The Morgan fingerprint density at radius 2 is 2.12 bits per heavy atom. The molecule has 1 aliphatic heterocycles. The minimum Gasteiger partial charge on any atom is -0.481 e. The Morgan fingerprint density at radius 1 is 1.41 bits per heavy atom. The van der Waals surface area contributed by atoms with Crippen LogP contribution in [0.1, 0.15) is 32.6 Å². The maximum Gasteiger partial charge on any atom is 0.319 e. The molecule has 0 bridgehead atoms. The van der Waals surface area contributed by atoms with Crippen LogP contribution in [-0.4, -0.2) is 53.6 Å². The van der Waals surface area contributed by atoms with Crippen LogP contribution in [-0.2, 0) is 4.79 Å². The minimum absolute atomic E-state index is 0.0303. The summed E-state index contributed by atoms with van der Waals surface area (Å²) >= 11 is 0. The molecule has 1 heterocycles. The first kappa shape index (κ1) is 13.8. The molecule has 1 unspecified atom stereocenters.